The monoisotopic (exact) mass is 428 g/mol. The summed E-state index contributed by atoms with van der Waals surface area (Å²) < 4.78 is 7.50. The third kappa shape index (κ3) is 4.06. The van der Waals surface area contributed by atoms with E-state index in [0.717, 1.165) is 36.3 Å². The summed E-state index contributed by atoms with van der Waals surface area (Å²) in [6, 6.07) is 15.3. The number of hydrogen-bond acceptors (Lipinski definition) is 4. The Morgan fingerprint density at radius 1 is 1.31 bits per heavy atom. The van der Waals surface area contributed by atoms with E-state index in [4.69, 9.17) is 28.6 Å². The molecule has 0 saturated carbocycles. The van der Waals surface area contributed by atoms with E-state index in [2.05, 4.69) is 10.2 Å². The molecule has 1 N–H and O–H groups in total. The number of hydrogen-bond donors (Lipinski definition) is 1. The predicted molar refractivity (Wildman–Crippen MR) is 115 cm³/mol. The average molecular weight is 429 g/mol. The minimum Gasteiger partial charge on any atom is -0.497 e. The lowest BCUT2D eigenvalue weighted by atomic mass is 10.0. The second-order valence-electron chi connectivity index (χ2n) is 6.97. The van der Waals surface area contributed by atoms with E-state index < -0.39 is 0 Å². The van der Waals surface area contributed by atoms with Gasteiger partial charge in [-0.1, -0.05) is 23.7 Å². The van der Waals surface area contributed by atoms with Crippen LogP contribution in [0.15, 0.2) is 48.5 Å². The Balaban J connectivity index is 1.58. The van der Waals surface area contributed by atoms with Gasteiger partial charge in [-0.15, -0.1) is 0 Å². The number of nitrogens with zero attached hydrogens (tertiary/aromatic N) is 3. The maximum atomic E-state index is 13.2. The van der Waals surface area contributed by atoms with Crippen LogP contribution in [-0.2, 0) is 11.3 Å². The number of methoxy groups -OCH3 is 1. The van der Waals surface area contributed by atoms with E-state index in [9.17, 15) is 4.79 Å². The minimum absolute atomic E-state index is 0.0167. The number of aromatic nitrogens is 3. The molecule has 6 nitrogen and oxygen atoms in total. The van der Waals surface area contributed by atoms with Gasteiger partial charge in [-0.25, -0.2) is 0 Å². The predicted octanol–water partition coefficient (Wildman–Crippen LogP) is 4.63. The highest BCUT2D eigenvalue weighted by molar-refractivity contribution is 7.71. The van der Waals surface area contributed by atoms with Crippen molar-refractivity contribution in [3.8, 4) is 17.1 Å². The van der Waals surface area contributed by atoms with Gasteiger partial charge >= 0.3 is 0 Å². The first-order valence-corrected chi connectivity index (χ1v) is 10.2. The van der Waals surface area contributed by atoms with Crippen molar-refractivity contribution >= 4 is 29.7 Å². The van der Waals surface area contributed by atoms with Gasteiger partial charge < -0.3 is 9.64 Å². The Labute approximate surface area is 179 Å². The molecular formula is C21H21ClN4O2S. The van der Waals surface area contributed by atoms with Crippen LogP contribution in [0.4, 0.5) is 0 Å². The number of amides is 1. The quantitative estimate of drug-likeness (QED) is 0.601. The van der Waals surface area contributed by atoms with Gasteiger partial charge in [0, 0.05) is 17.1 Å². The van der Waals surface area contributed by atoms with Crippen molar-refractivity contribution in [1.82, 2.24) is 19.7 Å². The van der Waals surface area contributed by atoms with Crippen LogP contribution in [0.2, 0.25) is 5.02 Å². The molecule has 29 heavy (non-hydrogen) atoms. The van der Waals surface area contributed by atoms with E-state index in [0.29, 0.717) is 15.6 Å². The van der Waals surface area contributed by atoms with Gasteiger partial charge in [-0.05, 0) is 67.0 Å². The van der Waals surface area contributed by atoms with Crippen molar-refractivity contribution in [1.29, 1.82) is 0 Å². The molecule has 1 atom stereocenters. The van der Waals surface area contributed by atoms with Gasteiger partial charge in [-0.2, -0.15) is 5.10 Å². The standard InChI is InChI=1S/C21H21ClN4O2S/c1-28-17-5-2-4-15(12-17)18-6-3-11-25(18)19(27)13-26-20(23-24-21(26)29)14-7-9-16(22)10-8-14/h2,4-5,7-10,12,18H,3,6,11,13H2,1H3,(H,24,29). The highest BCUT2D eigenvalue weighted by Gasteiger charge is 2.30. The molecule has 1 amide bonds. The first-order chi connectivity index (χ1) is 14.1. The molecule has 1 aromatic heterocycles. The summed E-state index contributed by atoms with van der Waals surface area (Å²) in [6.07, 6.45) is 1.90. The summed E-state index contributed by atoms with van der Waals surface area (Å²) in [5.41, 5.74) is 1.93. The second-order valence-corrected chi connectivity index (χ2v) is 7.79. The SMILES string of the molecule is COc1cccc(C2CCCN2C(=O)Cn2c(-c3ccc(Cl)cc3)n[nH]c2=S)c1. The molecule has 1 saturated heterocycles. The number of carbonyl (C=O) groups is 1. The summed E-state index contributed by atoms with van der Waals surface area (Å²) in [6.45, 7) is 0.857. The number of benzene rings is 2. The van der Waals surface area contributed by atoms with E-state index in [1.807, 2.05) is 41.3 Å². The molecule has 1 unspecified atom stereocenters. The lowest BCUT2D eigenvalue weighted by molar-refractivity contribution is -0.132. The summed E-state index contributed by atoms with van der Waals surface area (Å²) >= 11 is 11.4. The Morgan fingerprint density at radius 3 is 2.86 bits per heavy atom. The molecule has 2 aromatic carbocycles. The van der Waals surface area contributed by atoms with Gasteiger partial charge in [0.15, 0.2) is 10.6 Å². The van der Waals surface area contributed by atoms with Crippen LogP contribution in [0, 0.1) is 4.77 Å². The number of rotatable bonds is 5. The fraction of sp³-hybridized carbons (Fsp3) is 0.286. The molecule has 3 aromatic rings. The highest BCUT2D eigenvalue weighted by atomic mass is 35.5. The highest BCUT2D eigenvalue weighted by Crippen LogP contribution is 2.34. The Morgan fingerprint density at radius 2 is 2.10 bits per heavy atom. The fourth-order valence-corrected chi connectivity index (χ4v) is 4.09. The van der Waals surface area contributed by atoms with Crippen LogP contribution < -0.4 is 4.74 Å². The fourth-order valence-electron chi connectivity index (χ4n) is 3.77. The minimum atomic E-state index is 0.0167. The third-order valence-electron chi connectivity index (χ3n) is 5.21. The van der Waals surface area contributed by atoms with E-state index in [-0.39, 0.29) is 18.5 Å². The number of H-pyrrole nitrogens is 1. The summed E-state index contributed by atoms with van der Waals surface area (Å²) in [5.74, 6) is 1.43. The largest absolute Gasteiger partial charge is 0.497 e. The van der Waals surface area contributed by atoms with Crippen molar-refractivity contribution in [2.24, 2.45) is 0 Å². The summed E-state index contributed by atoms with van der Waals surface area (Å²) in [4.78, 5) is 15.1. The second kappa shape index (κ2) is 8.39. The smallest absolute Gasteiger partial charge is 0.243 e. The van der Waals surface area contributed by atoms with Crippen LogP contribution in [0.1, 0.15) is 24.4 Å². The first kappa shape index (κ1) is 19.7. The number of aromatic amines is 1. The van der Waals surface area contributed by atoms with Crippen molar-refractivity contribution in [2.45, 2.75) is 25.4 Å². The van der Waals surface area contributed by atoms with E-state index in [1.165, 1.54) is 0 Å². The van der Waals surface area contributed by atoms with Crippen molar-refractivity contribution in [2.75, 3.05) is 13.7 Å². The normalized spacial score (nSPS) is 16.2. The summed E-state index contributed by atoms with van der Waals surface area (Å²) in [5, 5.41) is 7.75. The molecule has 150 valence electrons. The van der Waals surface area contributed by atoms with Gasteiger partial charge in [0.05, 0.1) is 13.2 Å². The maximum Gasteiger partial charge on any atom is 0.243 e. The maximum absolute atomic E-state index is 13.2. The molecule has 2 heterocycles. The van der Waals surface area contributed by atoms with Crippen molar-refractivity contribution in [3.63, 3.8) is 0 Å². The Bertz CT molecular complexity index is 1080. The van der Waals surface area contributed by atoms with Gasteiger partial charge in [0.2, 0.25) is 5.91 Å². The number of ether oxygens (including phenoxy) is 1. The Hall–Kier alpha value is -2.64. The summed E-state index contributed by atoms with van der Waals surface area (Å²) in [7, 11) is 1.65. The molecule has 1 fully saturated rings. The molecule has 0 aliphatic carbocycles. The molecule has 0 spiro atoms. The molecular weight excluding hydrogens is 408 g/mol. The molecule has 8 heteroatoms. The van der Waals surface area contributed by atoms with Crippen LogP contribution >= 0.6 is 23.8 Å². The average Bonchev–Trinajstić information content (AvgIpc) is 3.36. The van der Waals surface area contributed by atoms with Crippen LogP contribution in [0.3, 0.4) is 0 Å². The van der Waals surface area contributed by atoms with Gasteiger partial charge in [0.25, 0.3) is 0 Å². The van der Waals surface area contributed by atoms with E-state index >= 15 is 0 Å². The van der Waals surface area contributed by atoms with Gasteiger partial charge in [0.1, 0.15) is 12.3 Å². The Kier molecular flexibility index (Phi) is 5.69. The van der Waals surface area contributed by atoms with Crippen LogP contribution in [0.5, 0.6) is 5.75 Å². The lowest BCUT2D eigenvalue weighted by Gasteiger charge is -2.26. The zero-order valence-corrected chi connectivity index (χ0v) is 17.5. The number of carbonyl (C=O) groups excluding carboxylic acids is 1. The number of halogens is 1. The van der Waals surface area contributed by atoms with Crippen LogP contribution in [0.25, 0.3) is 11.4 Å². The molecule has 4 rings (SSSR count). The van der Waals surface area contributed by atoms with Crippen molar-refractivity contribution in [3.05, 3.63) is 63.9 Å². The molecule has 1 aliphatic heterocycles. The molecule has 0 radical (unpaired) electrons. The van der Waals surface area contributed by atoms with Gasteiger partial charge in [-0.3, -0.25) is 14.5 Å². The molecule has 1 aliphatic rings. The van der Waals surface area contributed by atoms with Crippen molar-refractivity contribution < 1.29 is 9.53 Å². The number of nitrogens with one attached hydrogen (secondary N) is 1. The van der Waals surface area contributed by atoms with E-state index in [1.54, 1.807) is 23.8 Å². The van der Waals surface area contributed by atoms with Crippen LogP contribution in [-0.4, -0.2) is 39.2 Å². The topological polar surface area (TPSA) is 63.1 Å². The number of likely N-dealkylation sites (tertiary alicyclic amines) is 1. The zero-order valence-electron chi connectivity index (χ0n) is 16.0. The molecule has 0 bridgehead atoms. The third-order valence-corrected chi connectivity index (χ3v) is 5.77. The lowest BCUT2D eigenvalue weighted by Crippen LogP contribution is -2.33. The first-order valence-electron chi connectivity index (χ1n) is 9.41. The zero-order chi connectivity index (χ0) is 20.4.